The van der Waals surface area contributed by atoms with Crippen LogP contribution in [-0.2, 0) is 10.8 Å². The minimum atomic E-state index is -0.657. The number of hydrogen-bond donors (Lipinski definition) is 0. The van der Waals surface area contributed by atoms with Gasteiger partial charge in [-0.15, -0.1) is 0 Å². The van der Waals surface area contributed by atoms with Crippen LogP contribution in [0.25, 0.3) is 67.5 Å². The summed E-state index contributed by atoms with van der Waals surface area (Å²) in [6.07, 6.45) is 0. The third kappa shape index (κ3) is 5.96. The maximum atomic E-state index is 5.37. The molecule has 0 saturated carbocycles. The van der Waals surface area contributed by atoms with Crippen molar-refractivity contribution >= 4 is 0 Å². The normalized spacial score (nSPS) is 13.5. The monoisotopic (exact) mass is 865 g/mol. The highest BCUT2D eigenvalue weighted by Crippen LogP contribution is 2.61. The number of rotatable bonds is 8. The van der Waals surface area contributed by atoms with Gasteiger partial charge in [-0.25, -0.2) is 15.0 Å². The first-order valence-electron chi connectivity index (χ1n) is 23.4. The van der Waals surface area contributed by atoms with Crippen molar-refractivity contribution in [2.24, 2.45) is 0 Å². The van der Waals surface area contributed by atoms with Crippen LogP contribution in [0.15, 0.2) is 261 Å². The molecule has 318 valence electrons. The van der Waals surface area contributed by atoms with Gasteiger partial charge in [0.15, 0.2) is 17.5 Å². The molecule has 1 heterocycles. The van der Waals surface area contributed by atoms with E-state index in [1.807, 2.05) is 36.4 Å². The number of nitrogens with zero attached hydrogens (tertiary/aromatic N) is 3. The van der Waals surface area contributed by atoms with Gasteiger partial charge in [-0.1, -0.05) is 255 Å². The van der Waals surface area contributed by atoms with E-state index >= 15 is 0 Å². The van der Waals surface area contributed by atoms with Gasteiger partial charge in [0.2, 0.25) is 0 Å². The van der Waals surface area contributed by atoms with E-state index in [0.29, 0.717) is 17.5 Å². The van der Waals surface area contributed by atoms with Gasteiger partial charge in [0.05, 0.1) is 10.8 Å². The van der Waals surface area contributed by atoms with Crippen LogP contribution in [-0.4, -0.2) is 15.0 Å². The van der Waals surface area contributed by atoms with Crippen LogP contribution in [0.3, 0.4) is 0 Å². The zero-order valence-corrected chi connectivity index (χ0v) is 37.2. The summed E-state index contributed by atoms with van der Waals surface area (Å²) >= 11 is 0. The largest absolute Gasteiger partial charge is 0.208 e. The number of benzene rings is 10. The lowest BCUT2D eigenvalue weighted by Crippen LogP contribution is -2.30. The second-order valence-corrected chi connectivity index (χ2v) is 17.8. The van der Waals surface area contributed by atoms with Crippen molar-refractivity contribution in [3.63, 3.8) is 0 Å². The predicted molar refractivity (Wildman–Crippen MR) is 276 cm³/mol. The highest BCUT2D eigenvalue weighted by atomic mass is 15.0. The average Bonchev–Trinajstić information content (AvgIpc) is 3.90. The van der Waals surface area contributed by atoms with Gasteiger partial charge in [-0.3, -0.25) is 0 Å². The van der Waals surface area contributed by atoms with E-state index in [9.17, 15) is 0 Å². The fraction of sp³-hybridized carbons (Fsp3) is 0.0308. The van der Waals surface area contributed by atoms with Crippen molar-refractivity contribution in [2.45, 2.75) is 10.8 Å². The Morgan fingerprint density at radius 1 is 0.221 bits per heavy atom. The molecule has 0 spiro atoms. The van der Waals surface area contributed by atoms with Crippen LogP contribution in [0, 0.1) is 0 Å². The molecule has 0 aliphatic heterocycles. The molecule has 2 aliphatic rings. The molecule has 1 aromatic heterocycles. The molecule has 0 fully saturated rings. The lowest BCUT2D eigenvalue weighted by Gasteiger charge is -2.36. The highest BCUT2D eigenvalue weighted by molar-refractivity contribution is 5.96. The molecule has 13 rings (SSSR count). The minimum Gasteiger partial charge on any atom is -0.208 e. The first-order chi connectivity index (χ1) is 33.7. The summed E-state index contributed by atoms with van der Waals surface area (Å²) in [7, 11) is 0. The Balaban J connectivity index is 1.13. The fourth-order valence-corrected chi connectivity index (χ4v) is 11.5. The molecule has 0 saturated heterocycles. The second kappa shape index (κ2) is 16.0. The van der Waals surface area contributed by atoms with Gasteiger partial charge in [-0.05, 0) is 84.0 Å². The summed E-state index contributed by atoms with van der Waals surface area (Å²) < 4.78 is 0. The second-order valence-electron chi connectivity index (χ2n) is 17.8. The molecule has 0 unspecified atom stereocenters. The Labute approximate surface area is 396 Å². The molecule has 10 aromatic carbocycles. The Bertz CT molecular complexity index is 3500. The molecular weight excluding hydrogens is 823 g/mol. The summed E-state index contributed by atoms with van der Waals surface area (Å²) in [4.78, 5) is 15.9. The maximum Gasteiger partial charge on any atom is 0.164 e. The van der Waals surface area contributed by atoms with Crippen LogP contribution >= 0.6 is 0 Å². The first-order valence-corrected chi connectivity index (χ1v) is 23.4. The number of aromatic nitrogens is 3. The van der Waals surface area contributed by atoms with Gasteiger partial charge in [-0.2, -0.15) is 0 Å². The highest BCUT2D eigenvalue weighted by Gasteiger charge is 2.50. The van der Waals surface area contributed by atoms with Gasteiger partial charge >= 0.3 is 0 Å². The van der Waals surface area contributed by atoms with E-state index in [2.05, 4.69) is 224 Å². The van der Waals surface area contributed by atoms with E-state index in [1.54, 1.807) is 0 Å². The van der Waals surface area contributed by atoms with E-state index in [-0.39, 0.29) is 0 Å². The van der Waals surface area contributed by atoms with Gasteiger partial charge in [0, 0.05) is 16.7 Å². The summed E-state index contributed by atoms with van der Waals surface area (Å²) in [6, 6.07) is 94.6. The molecule has 0 radical (unpaired) electrons. The Morgan fingerprint density at radius 3 is 1.13 bits per heavy atom. The fourth-order valence-electron chi connectivity index (χ4n) is 11.5. The molecule has 3 heteroatoms. The molecular formula is C65H43N3. The van der Waals surface area contributed by atoms with Crippen molar-refractivity contribution in [2.75, 3.05) is 0 Å². The van der Waals surface area contributed by atoms with Crippen molar-refractivity contribution in [1.29, 1.82) is 0 Å². The summed E-state index contributed by atoms with van der Waals surface area (Å²) in [5.74, 6) is 1.90. The van der Waals surface area contributed by atoms with Crippen LogP contribution < -0.4 is 0 Å². The van der Waals surface area contributed by atoms with Crippen LogP contribution in [0.2, 0.25) is 0 Å². The molecule has 0 N–H and O–H groups in total. The molecule has 0 amide bonds. The van der Waals surface area contributed by atoms with E-state index in [4.69, 9.17) is 15.0 Å². The number of hydrogen-bond acceptors (Lipinski definition) is 3. The molecule has 11 aromatic rings. The smallest absolute Gasteiger partial charge is 0.164 e. The van der Waals surface area contributed by atoms with Crippen LogP contribution in [0.1, 0.15) is 44.5 Å². The van der Waals surface area contributed by atoms with Crippen molar-refractivity contribution in [3.05, 3.63) is 305 Å². The standard InChI is InChI=1S/C65H43N3/c1-6-21-44(22-7-1)45-37-39-50(40-38-45)65(56-34-18-16-31-52(56)53-32-17-19-35-57(53)65)51-41-42-58-55(43-51)60-54(33-20-36-59(60)64(58,48-27-12-4-13-28-48)49-29-14-5-15-30-49)63-67-61(46-23-8-2-9-24-46)66-62(68-63)47-25-10-3-11-26-47/h1-43H. The molecule has 0 atom stereocenters. The van der Waals surface area contributed by atoms with Crippen molar-refractivity contribution in [3.8, 4) is 67.5 Å². The third-order valence-electron chi connectivity index (χ3n) is 14.3. The first kappa shape index (κ1) is 39.6. The third-order valence-corrected chi connectivity index (χ3v) is 14.3. The van der Waals surface area contributed by atoms with Crippen LogP contribution in [0.4, 0.5) is 0 Å². The Hall–Kier alpha value is -8.79. The van der Waals surface area contributed by atoms with E-state index < -0.39 is 10.8 Å². The van der Waals surface area contributed by atoms with Crippen molar-refractivity contribution < 1.29 is 0 Å². The molecule has 3 nitrogen and oxygen atoms in total. The molecule has 2 aliphatic carbocycles. The summed E-state index contributed by atoms with van der Waals surface area (Å²) in [5, 5.41) is 0. The van der Waals surface area contributed by atoms with Crippen LogP contribution in [0.5, 0.6) is 0 Å². The average molecular weight is 866 g/mol. The Kier molecular flexibility index (Phi) is 9.29. The van der Waals surface area contributed by atoms with E-state index in [1.165, 1.54) is 66.8 Å². The van der Waals surface area contributed by atoms with Crippen molar-refractivity contribution in [1.82, 2.24) is 15.0 Å². The minimum absolute atomic E-state index is 0.630. The molecule has 0 bridgehead atoms. The summed E-state index contributed by atoms with van der Waals surface area (Å²) in [6.45, 7) is 0. The zero-order chi connectivity index (χ0) is 45.1. The lowest BCUT2D eigenvalue weighted by molar-refractivity contribution is 0.755. The Morgan fingerprint density at radius 2 is 0.588 bits per heavy atom. The lowest BCUT2D eigenvalue weighted by atomic mass is 9.65. The quantitative estimate of drug-likeness (QED) is 0.153. The van der Waals surface area contributed by atoms with Gasteiger partial charge < -0.3 is 0 Å². The van der Waals surface area contributed by atoms with E-state index in [0.717, 1.165) is 27.8 Å². The van der Waals surface area contributed by atoms with Gasteiger partial charge in [0.1, 0.15) is 0 Å². The summed E-state index contributed by atoms with van der Waals surface area (Å²) in [5.41, 5.74) is 18.5. The topological polar surface area (TPSA) is 38.7 Å². The predicted octanol–water partition coefficient (Wildman–Crippen LogP) is 15.3. The SMILES string of the molecule is c1ccc(-c2ccc(C3(c4ccc5c(c4)-c4c(-c6nc(-c7ccccc7)nc(-c7ccccc7)n6)cccc4C5(c4ccccc4)c4ccccc4)c4ccccc4-c4ccccc43)cc2)cc1. The van der Waals surface area contributed by atoms with Gasteiger partial charge in [0.25, 0.3) is 0 Å². The number of fused-ring (bicyclic) bond motifs is 6. The molecule has 68 heavy (non-hydrogen) atoms. The maximum absolute atomic E-state index is 5.37. The zero-order valence-electron chi connectivity index (χ0n) is 37.2.